The third-order valence-corrected chi connectivity index (χ3v) is 7.05. The van der Waals surface area contributed by atoms with E-state index in [1.54, 1.807) is 0 Å². The summed E-state index contributed by atoms with van der Waals surface area (Å²) in [5.74, 6) is -2.81. The Bertz CT molecular complexity index is 1690. The lowest BCUT2D eigenvalue weighted by molar-refractivity contribution is 0.0735. The van der Waals surface area contributed by atoms with Crippen molar-refractivity contribution in [2.24, 2.45) is 0 Å². The maximum absolute atomic E-state index is 16.5. The standard InChI is InChI=1S/C27H26ClF3N4O5/c1-27(2,38)17-4-3-6-34(25(17)36)24-22(31)23-14(10-33-24)12-39-7-5-16-9-20(21(28)26(37)35(16)23)40-13-19-18(30)8-15(29)11-32-19/h3-4,6,8-11,22-24,33,38H,5,7,12-13H2,1-2H3/t22-,23?,24-/m0/s1/i13D2. The molecule has 0 saturated heterocycles. The Morgan fingerprint density at radius 2 is 2.10 bits per heavy atom. The lowest BCUT2D eigenvalue weighted by Gasteiger charge is -2.38. The molecule has 3 aromatic heterocycles. The minimum Gasteiger partial charge on any atom is -0.485 e. The molecule has 40 heavy (non-hydrogen) atoms. The molecule has 0 fully saturated rings. The van der Waals surface area contributed by atoms with Crippen LogP contribution < -0.4 is 21.2 Å². The van der Waals surface area contributed by atoms with Gasteiger partial charge in [0.25, 0.3) is 11.1 Å². The Hall–Kier alpha value is -3.61. The van der Waals surface area contributed by atoms with Gasteiger partial charge in [-0.25, -0.2) is 13.2 Å². The van der Waals surface area contributed by atoms with Crippen LogP contribution in [0.25, 0.3) is 0 Å². The Balaban J connectivity index is 1.58. The number of fused-ring (bicyclic) bond motifs is 3. The molecule has 2 N–H and O–H groups in total. The largest absolute Gasteiger partial charge is 0.485 e. The third-order valence-electron chi connectivity index (χ3n) is 6.70. The van der Waals surface area contributed by atoms with Gasteiger partial charge in [0.1, 0.15) is 35.0 Å². The Labute approximate surface area is 234 Å². The van der Waals surface area contributed by atoms with Gasteiger partial charge in [0.15, 0.2) is 12.0 Å². The quantitative estimate of drug-likeness (QED) is 0.477. The fourth-order valence-electron chi connectivity index (χ4n) is 4.77. The Morgan fingerprint density at radius 3 is 2.83 bits per heavy atom. The van der Waals surface area contributed by atoms with Gasteiger partial charge in [-0.3, -0.25) is 19.1 Å². The fourth-order valence-corrected chi connectivity index (χ4v) is 4.95. The molecule has 212 valence electrons. The molecule has 5 heterocycles. The summed E-state index contributed by atoms with van der Waals surface area (Å²) in [5, 5.41) is 12.7. The highest BCUT2D eigenvalue weighted by Crippen LogP contribution is 2.36. The van der Waals surface area contributed by atoms with Crippen LogP contribution in [0, 0.1) is 11.6 Å². The summed E-state index contributed by atoms with van der Waals surface area (Å²) in [7, 11) is 0. The molecular formula is C27H26ClF3N4O5. The number of ether oxygens (including phenoxy) is 2. The number of nitrogens with zero attached hydrogens (tertiary/aromatic N) is 3. The molecule has 0 aliphatic carbocycles. The number of pyridine rings is 3. The van der Waals surface area contributed by atoms with Gasteiger partial charge < -0.3 is 24.5 Å². The van der Waals surface area contributed by atoms with Crippen molar-refractivity contribution in [3.63, 3.8) is 0 Å². The van der Waals surface area contributed by atoms with Crippen molar-refractivity contribution in [3.8, 4) is 5.75 Å². The molecule has 0 aromatic carbocycles. The lowest BCUT2D eigenvalue weighted by Crippen LogP contribution is -2.49. The van der Waals surface area contributed by atoms with Crippen LogP contribution in [0.5, 0.6) is 5.75 Å². The summed E-state index contributed by atoms with van der Waals surface area (Å²) in [6, 6.07) is 3.30. The number of aliphatic hydroxyl groups is 1. The molecule has 1 unspecified atom stereocenters. The van der Waals surface area contributed by atoms with Gasteiger partial charge in [-0.15, -0.1) is 0 Å². The van der Waals surface area contributed by atoms with E-state index in [-0.39, 0.29) is 30.9 Å². The van der Waals surface area contributed by atoms with Crippen molar-refractivity contribution < 1.29 is 30.5 Å². The predicted molar refractivity (Wildman–Crippen MR) is 139 cm³/mol. The third kappa shape index (κ3) is 5.14. The molecule has 2 aliphatic rings. The number of alkyl halides is 1. The van der Waals surface area contributed by atoms with Crippen molar-refractivity contribution in [2.75, 3.05) is 13.2 Å². The van der Waals surface area contributed by atoms with Crippen LogP contribution in [-0.2, 0) is 23.3 Å². The first-order valence-corrected chi connectivity index (χ1v) is 12.6. The Morgan fingerprint density at radius 1 is 1.32 bits per heavy atom. The van der Waals surface area contributed by atoms with Crippen LogP contribution >= 0.6 is 11.6 Å². The molecule has 0 spiro atoms. The van der Waals surface area contributed by atoms with Gasteiger partial charge in [0, 0.05) is 42.2 Å². The van der Waals surface area contributed by atoms with Gasteiger partial charge in [0.2, 0.25) is 0 Å². The normalized spacial score (nSPS) is 22.0. The molecule has 13 heteroatoms. The van der Waals surface area contributed by atoms with Crippen LogP contribution in [0.3, 0.4) is 0 Å². The second-order valence-electron chi connectivity index (χ2n) is 9.89. The first-order valence-electron chi connectivity index (χ1n) is 13.3. The van der Waals surface area contributed by atoms with Gasteiger partial charge in [-0.05, 0) is 31.6 Å². The average molecular weight is 581 g/mol. The van der Waals surface area contributed by atoms with Crippen molar-refractivity contribution >= 4 is 11.6 Å². The van der Waals surface area contributed by atoms with E-state index in [0.717, 1.165) is 9.13 Å². The van der Waals surface area contributed by atoms with E-state index in [0.29, 0.717) is 17.8 Å². The molecule has 3 aromatic rings. The van der Waals surface area contributed by atoms with E-state index in [4.69, 9.17) is 23.8 Å². The highest BCUT2D eigenvalue weighted by atomic mass is 35.5. The monoisotopic (exact) mass is 580 g/mol. The number of hydrogen-bond acceptors (Lipinski definition) is 7. The zero-order valence-electron chi connectivity index (χ0n) is 23.3. The van der Waals surface area contributed by atoms with Crippen LogP contribution in [0.4, 0.5) is 13.2 Å². The molecule has 0 amide bonds. The van der Waals surface area contributed by atoms with Crippen LogP contribution in [0.1, 0.15) is 45.7 Å². The summed E-state index contributed by atoms with van der Waals surface area (Å²) in [6.45, 7) is -0.0485. The summed E-state index contributed by atoms with van der Waals surface area (Å²) < 4.78 is 73.6. The molecule has 0 bridgehead atoms. The summed E-state index contributed by atoms with van der Waals surface area (Å²) in [6.07, 6.45) is 0.277. The second kappa shape index (κ2) is 10.8. The van der Waals surface area contributed by atoms with Crippen LogP contribution in [0.15, 0.2) is 58.0 Å². The van der Waals surface area contributed by atoms with E-state index in [9.17, 15) is 23.5 Å². The number of aromatic nitrogens is 3. The van der Waals surface area contributed by atoms with Crippen molar-refractivity contribution in [1.82, 2.24) is 19.4 Å². The van der Waals surface area contributed by atoms with Crippen molar-refractivity contribution in [1.29, 1.82) is 0 Å². The maximum atomic E-state index is 16.5. The zero-order valence-corrected chi connectivity index (χ0v) is 22.1. The van der Waals surface area contributed by atoms with Gasteiger partial charge in [0.05, 0.1) is 33.8 Å². The van der Waals surface area contributed by atoms with E-state index in [1.165, 1.54) is 44.4 Å². The molecule has 5 rings (SSSR count). The van der Waals surface area contributed by atoms with Gasteiger partial charge >= 0.3 is 0 Å². The summed E-state index contributed by atoms with van der Waals surface area (Å²) in [4.78, 5) is 30.3. The topological polar surface area (TPSA) is 108 Å². The molecular weight excluding hydrogens is 553 g/mol. The molecule has 9 nitrogen and oxygen atoms in total. The Kier molecular flexibility index (Phi) is 6.82. The van der Waals surface area contributed by atoms with Gasteiger partial charge in [-0.2, -0.15) is 0 Å². The minimum atomic E-state index is -2.97. The van der Waals surface area contributed by atoms with Crippen LogP contribution in [-0.4, -0.2) is 38.6 Å². The number of hydrogen-bond donors (Lipinski definition) is 2. The SMILES string of the molecule is [2H]C([2H])(Oc1cc2n(c(=O)c1Cl)C1C(=CN[C@@H](n3cccc(C(C)(C)O)c3=O)[C@H]1F)COCC2)c1ncc(F)cc1F. The summed E-state index contributed by atoms with van der Waals surface area (Å²) >= 11 is 6.34. The molecule has 3 atom stereocenters. The summed E-state index contributed by atoms with van der Waals surface area (Å²) in [5.41, 5.74) is -3.39. The molecule has 2 aliphatic heterocycles. The lowest BCUT2D eigenvalue weighted by atomic mass is 9.95. The van der Waals surface area contributed by atoms with E-state index < -0.39 is 69.8 Å². The van der Waals surface area contributed by atoms with E-state index in [2.05, 4.69) is 10.3 Å². The number of nitrogens with one attached hydrogen (secondary N) is 1. The highest BCUT2D eigenvalue weighted by molar-refractivity contribution is 6.31. The number of halogens is 4. The zero-order chi connectivity index (χ0) is 30.6. The van der Waals surface area contributed by atoms with E-state index >= 15 is 4.39 Å². The van der Waals surface area contributed by atoms with Gasteiger partial charge in [-0.1, -0.05) is 11.6 Å². The fraction of sp³-hybridized carbons (Fsp3) is 0.370. The average Bonchev–Trinajstić information content (AvgIpc) is 2.88. The maximum Gasteiger partial charge on any atom is 0.274 e. The predicted octanol–water partition coefficient (Wildman–Crippen LogP) is 3.28. The molecule has 0 saturated carbocycles. The van der Waals surface area contributed by atoms with Crippen molar-refractivity contribution in [2.45, 2.75) is 50.8 Å². The minimum absolute atomic E-state index is 0.0385. The second-order valence-corrected chi connectivity index (χ2v) is 10.3. The highest BCUT2D eigenvalue weighted by Gasteiger charge is 2.41. The molecule has 0 radical (unpaired) electrons. The smallest absolute Gasteiger partial charge is 0.274 e. The first kappa shape index (κ1) is 25.4. The number of rotatable bonds is 5. The van der Waals surface area contributed by atoms with Crippen molar-refractivity contribution in [3.05, 3.63) is 103 Å². The van der Waals surface area contributed by atoms with Crippen LogP contribution in [0.2, 0.25) is 5.02 Å². The first-order chi connectivity index (χ1) is 19.7. The van der Waals surface area contributed by atoms with E-state index in [1.807, 2.05) is 0 Å².